The fourth-order valence-corrected chi connectivity index (χ4v) is 4.18. The maximum atomic E-state index is 12.4. The van der Waals surface area contributed by atoms with Gasteiger partial charge in [-0.3, -0.25) is 4.79 Å². The molecule has 1 amide bonds. The molecule has 0 spiro atoms. The Morgan fingerprint density at radius 1 is 1.52 bits per heavy atom. The Morgan fingerprint density at radius 2 is 2.24 bits per heavy atom. The number of nitrogens with one attached hydrogen (secondary N) is 1. The summed E-state index contributed by atoms with van der Waals surface area (Å²) < 4.78 is 0. The number of aliphatic carboxylic acids is 1. The molecule has 1 aromatic heterocycles. The van der Waals surface area contributed by atoms with Gasteiger partial charge in [0.25, 0.3) is 5.91 Å². The van der Waals surface area contributed by atoms with Gasteiger partial charge in [0, 0.05) is 4.88 Å². The van der Waals surface area contributed by atoms with Crippen LogP contribution < -0.4 is 5.32 Å². The first kappa shape index (κ1) is 16.0. The lowest BCUT2D eigenvalue weighted by molar-refractivity contribution is -0.146. The lowest BCUT2D eigenvalue weighted by atomic mass is 9.76. The van der Waals surface area contributed by atoms with Crippen molar-refractivity contribution < 1.29 is 14.7 Å². The molecule has 5 heteroatoms. The van der Waals surface area contributed by atoms with Crippen LogP contribution in [-0.4, -0.2) is 22.5 Å². The molecular formula is C16H23NO3S. The molecule has 0 bridgehead atoms. The van der Waals surface area contributed by atoms with Gasteiger partial charge in [-0.1, -0.05) is 26.7 Å². The Labute approximate surface area is 129 Å². The summed E-state index contributed by atoms with van der Waals surface area (Å²) in [6, 6.07) is 1.86. The third kappa shape index (κ3) is 3.28. The van der Waals surface area contributed by atoms with Crippen LogP contribution in [0.1, 0.15) is 59.6 Å². The minimum atomic E-state index is -1.10. The van der Waals surface area contributed by atoms with E-state index in [1.54, 1.807) is 0 Å². The van der Waals surface area contributed by atoms with E-state index in [-0.39, 0.29) is 5.91 Å². The predicted octanol–water partition coefficient (Wildman–Crippen LogP) is 3.38. The Kier molecular flexibility index (Phi) is 4.71. The van der Waals surface area contributed by atoms with Gasteiger partial charge in [0.1, 0.15) is 5.54 Å². The van der Waals surface area contributed by atoms with Crippen LogP contribution in [-0.2, 0) is 11.2 Å². The fraction of sp³-hybridized carbons (Fsp3) is 0.625. The van der Waals surface area contributed by atoms with Crippen LogP contribution in [0.25, 0.3) is 0 Å². The van der Waals surface area contributed by atoms with Crippen LogP contribution >= 0.6 is 11.3 Å². The Balaban J connectivity index is 2.20. The highest BCUT2D eigenvalue weighted by Gasteiger charge is 2.43. The van der Waals surface area contributed by atoms with Gasteiger partial charge < -0.3 is 10.4 Å². The van der Waals surface area contributed by atoms with Crippen molar-refractivity contribution in [1.29, 1.82) is 0 Å². The second-order valence-electron chi connectivity index (χ2n) is 6.11. The van der Waals surface area contributed by atoms with Crippen molar-refractivity contribution in [3.63, 3.8) is 0 Å². The molecule has 0 radical (unpaired) electrons. The number of hydrogen-bond acceptors (Lipinski definition) is 3. The van der Waals surface area contributed by atoms with Crippen LogP contribution in [0.4, 0.5) is 0 Å². The number of amides is 1. The molecule has 2 unspecified atom stereocenters. The second-order valence-corrected chi connectivity index (χ2v) is 7.25. The lowest BCUT2D eigenvalue weighted by Gasteiger charge is -2.36. The van der Waals surface area contributed by atoms with E-state index in [4.69, 9.17) is 0 Å². The summed E-state index contributed by atoms with van der Waals surface area (Å²) in [5.74, 6) is -0.836. The molecule has 21 heavy (non-hydrogen) atoms. The van der Waals surface area contributed by atoms with Gasteiger partial charge in [-0.2, -0.15) is 0 Å². The van der Waals surface area contributed by atoms with Crippen LogP contribution in [0.5, 0.6) is 0 Å². The van der Waals surface area contributed by atoms with Crippen molar-refractivity contribution in [1.82, 2.24) is 5.32 Å². The van der Waals surface area contributed by atoms with E-state index in [1.165, 1.54) is 16.2 Å². The highest BCUT2D eigenvalue weighted by Crippen LogP contribution is 2.33. The quantitative estimate of drug-likeness (QED) is 0.896. The van der Waals surface area contributed by atoms with E-state index in [2.05, 4.69) is 12.2 Å². The average molecular weight is 309 g/mol. The van der Waals surface area contributed by atoms with Gasteiger partial charge in [0.05, 0.1) is 4.88 Å². The summed E-state index contributed by atoms with van der Waals surface area (Å²) in [4.78, 5) is 25.9. The van der Waals surface area contributed by atoms with Crippen molar-refractivity contribution in [2.75, 3.05) is 0 Å². The highest BCUT2D eigenvalue weighted by molar-refractivity contribution is 7.14. The molecule has 2 N–H and O–H groups in total. The number of carboxylic acids is 1. The average Bonchev–Trinajstić information content (AvgIpc) is 2.80. The Hall–Kier alpha value is -1.36. The number of carbonyl (C=O) groups excluding carboxylic acids is 1. The zero-order chi connectivity index (χ0) is 15.6. The van der Waals surface area contributed by atoms with E-state index in [1.807, 2.05) is 19.9 Å². The number of aryl methyl sites for hydroxylation is 2. The smallest absolute Gasteiger partial charge is 0.329 e. The summed E-state index contributed by atoms with van der Waals surface area (Å²) in [5.41, 5.74) is 0.00740. The first-order valence-corrected chi connectivity index (χ1v) is 8.35. The van der Waals surface area contributed by atoms with E-state index in [0.29, 0.717) is 23.6 Å². The topological polar surface area (TPSA) is 66.4 Å². The summed E-state index contributed by atoms with van der Waals surface area (Å²) in [7, 11) is 0. The third-order valence-electron chi connectivity index (χ3n) is 4.33. The zero-order valence-electron chi connectivity index (χ0n) is 12.9. The van der Waals surface area contributed by atoms with E-state index in [0.717, 1.165) is 24.8 Å². The molecule has 1 fully saturated rings. The summed E-state index contributed by atoms with van der Waals surface area (Å²) in [6.45, 7) is 6.09. The molecule has 1 aliphatic carbocycles. The zero-order valence-corrected chi connectivity index (χ0v) is 13.7. The largest absolute Gasteiger partial charge is 0.480 e. The predicted molar refractivity (Wildman–Crippen MR) is 83.9 cm³/mol. The van der Waals surface area contributed by atoms with Crippen molar-refractivity contribution in [2.24, 2.45) is 5.92 Å². The van der Waals surface area contributed by atoms with Crippen LogP contribution in [0.2, 0.25) is 0 Å². The standard InChI is InChI=1S/C16H23NO3S/c1-4-12-11(3)8-13(21-12)14(18)17-16(15(19)20)7-5-6-10(2)9-16/h8,10H,4-7,9H2,1-3H3,(H,17,18)(H,19,20). The number of hydrogen-bond donors (Lipinski definition) is 2. The minimum absolute atomic E-state index is 0.251. The fourth-order valence-electron chi connectivity index (χ4n) is 3.17. The van der Waals surface area contributed by atoms with Gasteiger partial charge >= 0.3 is 5.97 Å². The van der Waals surface area contributed by atoms with Crippen molar-refractivity contribution >= 4 is 23.2 Å². The molecule has 1 aromatic rings. The molecule has 116 valence electrons. The van der Waals surface area contributed by atoms with Gasteiger partial charge in [-0.05, 0) is 43.7 Å². The molecule has 1 aliphatic rings. The molecule has 2 rings (SSSR count). The summed E-state index contributed by atoms with van der Waals surface area (Å²) in [5, 5.41) is 12.4. The maximum Gasteiger partial charge on any atom is 0.329 e. The first-order valence-electron chi connectivity index (χ1n) is 7.53. The van der Waals surface area contributed by atoms with Crippen LogP contribution in [0.3, 0.4) is 0 Å². The minimum Gasteiger partial charge on any atom is -0.480 e. The highest BCUT2D eigenvalue weighted by atomic mass is 32.1. The first-order chi connectivity index (χ1) is 9.88. The maximum absolute atomic E-state index is 12.4. The van der Waals surface area contributed by atoms with Gasteiger partial charge in [0.2, 0.25) is 0 Å². The van der Waals surface area contributed by atoms with E-state index in [9.17, 15) is 14.7 Å². The van der Waals surface area contributed by atoms with Crippen molar-refractivity contribution in [3.05, 3.63) is 21.4 Å². The van der Waals surface area contributed by atoms with Gasteiger partial charge in [-0.15, -0.1) is 11.3 Å². The molecular weight excluding hydrogens is 286 g/mol. The van der Waals surface area contributed by atoms with Crippen LogP contribution in [0, 0.1) is 12.8 Å². The van der Waals surface area contributed by atoms with E-state index < -0.39 is 11.5 Å². The summed E-state index contributed by atoms with van der Waals surface area (Å²) >= 11 is 1.46. The molecule has 2 atom stereocenters. The monoisotopic (exact) mass is 309 g/mol. The molecule has 1 heterocycles. The Bertz CT molecular complexity index is 552. The number of carboxylic acid groups (broad SMARTS) is 1. The number of rotatable bonds is 4. The second kappa shape index (κ2) is 6.18. The number of carbonyl (C=O) groups is 2. The lowest BCUT2D eigenvalue weighted by Crippen LogP contribution is -2.56. The van der Waals surface area contributed by atoms with E-state index >= 15 is 0 Å². The normalized spacial score (nSPS) is 25.6. The van der Waals surface area contributed by atoms with Crippen LogP contribution in [0.15, 0.2) is 6.07 Å². The summed E-state index contributed by atoms with van der Waals surface area (Å²) in [6.07, 6.45) is 3.80. The van der Waals surface area contributed by atoms with Crippen molar-refractivity contribution in [3.8, 4) is 0 Å². The van der Waals surface area contributed by atoms with Gasteiger partial charge in [-0.25, -0.2) is 4.79 Å². The molecule has 4 nitrogen and oxygen atoms in total. The van der Waals surface area contributed by atoms with Gasteiger partial charge in [0.15, 0.2) is 0 Å². The third-order valence-corrected chi connectivity index (χ3v) is 5.71. The number of thiophene rings is 1. The Morgan fingerprint density at radius 3 is 2.76 bits per heavy atom. The molecule has 0 aliphatic heterocycles. The SMILES string of the molecule is CCc1sc(C(=O)NC2(C(=O)O)CCCC(C)C2)cc1C. The molecule has 1 saturated carbocycles. The van der Waals surface area contributed by atoms with Crippen molar-refractivity contribution in [2.45, 2.75) is 58.4 Å². The molecule has 0 saturated heterocycles. The molecule has 0 aromatic carbocycles.